The molecule has 0 fully saturated rings. The van der Waals surface area contributed by atoms with Gasteiger partial charge < -0.3 is 9.80 Å². The fraction of sp³-hybridized carbons (Fsp3) is 0.214. The molecule has 2 rings (SSSR count). The van der Waals surface area contributed by atoms with Crippen LogP contribution in [0, 0.1) is 47.4 Å². The SMILES string of the molecule is CC(C)=C(C#CC#Cc1ccc(N(C)C)cc1)C#CC#Cc1ccc(N(C)C)cc1. The van der Waals surface area contributed by atoms with Crippen LogP contribution in [0.5, 0.6) is 0 Å². The van der Waals surface area contributed by atoms with Crippen LogP contribution in [0.1, 0.15) is 25.0 Å². The molecular formula is C28H26N2. The van der Waals surface area contributed by atoms with Crippen molar-refractivity contribution in [3.8, 4) is 47.4 Å². The fourth-order valence-corrected chi connectivity index (χ4v) is 2.36. The fourth-order valence-electron chi connectivity index (χ4n) is 2.36. The summed E-state index contributed by atoms with van der Waals surface area (Å²) in [6.07, 6.45) is 0. The van der Waals surface area contributed by atoms with E-state index in [9.17, 15) is 0 Å². The van der Waals surface area contributed by atoms with Gasteiger partial charge >= 0.3 is 0 Å². The zero-order chi connectivity index (χ0) is 21.9. The van der Waals surface area contributed by atoms with Gasteiger partial charge in [-0.3, -0.25) is 0 Å². The maximum atomic E-state index is 3.06. The Kier molecular flexibility index (Phi) is 8.27. The van der Waals surface area contributed by atoms with Crippen LogP contribution in [0.4, 0.5) is 11.4 Å². The molecule has 0 unspecified atom stereocenters. The van der Waals surface area contributed by atoms with Crippen LogP contribution in [-0.2, 0) is 0 Å². The van der Waals surface area contributed by atoms with Gasteiger partial charge in [0.25, 0.3) is 0 Å². The second kappa shape index (κ2) is 11.1. The molecule has 2 heteroatoms. The summed E-state index contributed by atoms with van der Waals surface area (Å²) in [4.78, 5) is 4.11. The molecule has 0 radical (unpaired) electrons. The lowest BCUT2D eigenvalue weighted by molar-refractivity contribution is 1.13. The van der Waals surface area contributed by atoms with Crippen molar-refractivity contribution < 1.29 is 0 Å². The number of allylic oxidation sites excluding steroid dienone is 2. The van der Waals surface area contributed by atoms with E-state index in [4.69, 9.17) is 0 Å². The van der Waals surface area contributed by atoms with Crippen LogP contribution in [0.3, 0.4) is 0 Å². The summed E-state index contributed by atoms with van der Waals surface area (Å²) in [5, 5.41) is 0. The molecule has 0 aromatic heterocycles. The topological polar surface area (TPSA) is 6.48 Å². The first kappa shape index (κ1) is 22.3. The Morgan fingerprint density at radius 3 is 1.23 bits per heavy atom. The van der Waals surface area contributed by atoms with E-state index in [0.717, 1.165) is 33.6 Å². The number of benzene rings is 2. The zero-order valence-electron chi connectivity index (χ0n) is 18.5. The Balaban J connectivity index is 2.07. The Morgan fingerprint density at radius 1 is 0.567 bits per heavy atom. The highest BCUT2D eigenvalue weighted by Gasteiger charge is 1.94. The monoisotopic (exact) mass is 390 g/mol. The van der Waals surface area contributed by atoms with Crippen molar-refractivity contribution in [1.82, 2.24) is 0 Å². The normalized spacial score (nSPS) is 8.60. The molecule has 2 aromatic rings. The minimum absolute atomic E-state index is 0.754. The summed E-state index contributed by atoms with van der Waals surface area (Å²) >= 11 is 0. The first-order valence-corrected chi connectivity index (χ1v) is 9.63. The lowest BCUT2D eigenvalue weighted by atomic mass is 10.1. The van der Waals surface area contributed by atoms with Gasteiger partial charge in [-0.1, -0.05) is 17.4 Å². The summed E-state index contributed by atoms with van der Waals surface area (Å²) in [5.41, 5.74) is 5.96. The first-order valence-electron chi connectivity index (χ1n) is 9.63. The molecule has 0 heterocycles. The molecule has 0 atom stereocenters. The van der Waals surface area contributed by atoms with E-state index in [-0.39, 0.29) is 0 Å². The number of hydrogen-bond acceptors (Lipinski definition) is 2. The van der Waals surface area contributed by atoms with Crippen LogP contribution in [0.25, 0.3) is 0 Å². The lowest BCUT2D eigenvalue weighted by Crippen LogP contribution is -2.07. The van der Waals surface area contributed by atoms with E-state index in [1.165, 1.54) is 0 Å². The van der Waals surface area contributed by atoms with Gasteiger partial charge in [-0.05, 0) is 97.9 Å². The Bertz CT molecular complexity index is 1050. The summed E-state index contributed by atoms with van der Waals surface area (Å²) < 4.78 is 0. The number of hydrogen-bond donors (Lipinski definition) is 0. The second-order valence-corrected chi connectivity index (χ2v) is 7.26. The van der Waals surface area contributed by atoms with Crippen LogP contribution in [0.15, 0.2) is 59.7 Å². The quantitative estimate of drug-likeness (QED) is 0.694. The molecule has 2 aromatic carbocycles. The highest BCUT2D eigenvalue weighted by molar-refractivity contribution is 5.55. The average molecular weight is 391 g/mol. The molecule has 0 spiro atoms. The maximum absolute atomic E-state index is 3.06. The van der Waals surface area contributed by atoms with E-state index < -0.39 is 0 Å². The summed E-state index contributed by atoms with van der Waals surface area (Å²) in [7, 11) is 8.05. The third kappa shape index (κ3) is 7.21. The molecule has 30 heavy (non-hydrogen) atoms. The summed E-state index contributed by atoms with van der Waals surface area (Å²) in [5.74, 6) is 23.8. The van der Waals surface area contributed by atoms with E-state index in [0.29, 0.717) is 0 Å². The van der Waals surface area contributed by atoms with Gasteiger partial charge in [0.1, 0.15) is 0 Å². The lowest BCUT2D eigenvalue weighted by Gasteiger charge is -2.11. The number of nitrogens with zero attached hydrogens (tertiary/aromatic N) is 2. The minimum Gasteiger partial charge on any atom is -0.378 e. The summed E-state index contributed by atoms with van der Waals surface area (Å²) in [6.45, 7) is 3.97. The van der Waals surface area contributed by atoms with Crippen molar-refractivity contribution in [3.05, 3.63) is 70.8 Å². The van der Waals surface area contributed by atoms with Gasteiger partial charge in [0, 0.05) is 50.7 Å². The summed E-state index contributed by atoms with van der Waals surface area (Å²) in [6, 6.07) is 16.1. The Morgan fingerprint density at radius 2 is 0.933 bits per heavy atom. The molecule has 0 N–H and O–H groups in total. The third-order valence-electron chi connectivity index (χ3n) is 4.18. The molecule has 0 aliphatic carbocycles. The molecule has 0 bridgehead atoms. The van der Waals surface area contributed by atoms with Crippen molar-refractivity contribution >= 4 is 11.4 Å². The van der Waals surface area contributed by atoms with Crippen molar-refractivity contribution in [1.29, 1.82) is 0 Å². The maximum Gasteiger partial charge on any atom is 0.0751 e. The average Bonchev–Trinajstić information content (AvgIpc) is 2.73. The predicted octanol–water partition coefficient (Wildman–Crippen LogP) is 4.57. The van der Waals surface area contributed by atoms with Crippen LogP contribution < -0.4 is 9.80 Å². The van der Waals surface area contributed by atoms with Gasteiger partial charge in [0.2, 0.25) is 0 Å². The molecule has 0 aliphatic heterocycles. The predicted molar refractivity (Wildman–Crippen MR) is 129 cm³/mol. The van der Waals surface area contributed by atoms with Gasteiger partial charge in [0.05, 0.1) is 5.57 Å². The van der Waals surface area contributed by atoms with Crippen molar-refractivity contribution in [2.24, 2.45) is 0 Å². The van der Waals surface area contributed by atoms with Crippen LogP contribution in [-0.4, -0.2) is 28.2 Å². The van der Waals surface area contributed by atoms with Crippen LogP contribution in [0.2, 0.25) is 0 Å². The number of anilines is 2. The van der Waals surface area contributed by atoms with Crippen molar-refractivity contribution in [3.63, 3.8) is 0 Å². The largest absolute Gasteiger partial charge is 0.378 e. The van der Waals surface area contributed by atoms with Crippen molar-refractivity contribution in [2.75, 3.05) is 38.0 Å². The molecule has 148 valence electrons. The molecule has 2 nitrogen and oxygen atoms in total. The Hall–Kier alpha value is -3.98. The zero-order valence-corrected chi connectivity index (χ0v) is 18.5. The van der Waals surface area contributed by atoms with Gasteiger partial charge in [-0.2, -0.15) is 0 Å². The molecule has 0 saturated heterocycles. The van der Waals surface area contributed by atoms with E-state index >= 15 is 0 Å². The highest BCUT2D eigenvalue weighted by atomic mass is 15.1. The smallest absolute Gasteiger partial charge is 0.0751 e. The molecule has 0 aliphatic rings. The Labute approximate surface area is 181 Å². The molecule has 0 amide bonds. The van der Waals surface area contributed by atoms with E-state index in [1.54, 1.807) is 0 Å². The van der Waals surface area contributed by atoms with Gasteiger partial charge in [-0.15, -0.1) is 0 Å². The van der Waals surface area contributed by atoms with Crippen molar-refractivity contribution in [2.45, 2.75) is 13.8 Å². The second-order valence-electron chi connectivity index (χ2n) is 7.26. The first-order chi connectivity index (χ1) is 14.4. The highest BCUT2D eigenvalue weighted by Crippen LogP contribution is 2.12. The molecular weight excluding hydrogens is 364 g/mol. The number of rotatable bonds is 2. The van der Waals surface area contributed by atoms with E-state index in [2.05, 4.69) is 57.2 Å². The minimum atomic E-state index is 0.754. The third-order valence-corrected chi connectivity index (χ3v) is 4.18. The van der Waals surface area contributed by atoms with E-state index in [1.807, 2.05) is 90.6 Å². The molecule has 0 saturated carbocycles. The van der Waals surface area contributed by atoms with Gasteiger partial charge in [0.15, 0.2) is 0 Å². The van der Waals surface area contributed by atoms with Crippen LogP contribution >= 0.6 is 0 Å². The standard InChI is InChI=1S/C28H26N2/c1-23(2)26(13-9-7-11-24-15-19-27(20-16-24)29(3)4)14-10-8-12-25-17-21-28(22-18-25)30(5)6/h15-22H,1-6H3. The van der Waals surface area contributed by atoms with Gasteiger partial charge in [-0.25, -0.2) is 0 Å².